The van der Waals surface area contributed by atoms with Gasteiger partial charge in [-0.05, 0) is 31.9 Å². The fourth-order valence-corrected chi connectivity index (χ4v) is 2.04. The van der Waals surface area contributed by atoms with E-state index < -0.39 is 0 Å². The van der Waals surface area contributed by atoms with Gasteiger partial charge >= 0.3 is 0 Å². The van der Waals surface area contributed by atoms with Gasteiger partial charge in [0.05, 0.1) is 11.3 Å². The van der Waals surface area contributed by atoms with E-state index in [2.05, 4.69) is 5.32 Å². The van der Waals surface area contributed by atoms with Crippen molar-refractivity contribution < 1.29 is 9.59 Å². The van der Waals surface area contributed by atoms with Gasteiger partial charge in [-0.25, -0.2) is 0 Å². The lowest BCUT2D eigenvalue weighted by atomic mass is 10.1. The van der Waals surface area contributed by atoms with Gasteiger partial charge in [-0.3, -0.25) is 9.59 Å². The number of nitrogens with one attached hydrogen (secondary N) is 1. The van der Waals surface area contributed by atoms with Crippen molar-refractivity contribution in [2.75, 3.05) is 18.5 Å². The first kappa shape index (κ1) is 14.5. The van der Waals surface area contributed by atoms with Crippen LogP contribution in [0.1, 0.15) is 30.1 Å². The van der Waals surface area contributed by atoms with Crippen LogP contribution in [0.15, 0.2) is 24.3 Å². The van der Waals surface area contributed by atoms with Crippen molar-refractivity contribution >= 4 is 17.5 Å². The second-order valence-corrected chi connectivity index (χ2v) is 5.30. The molecule has 1 aliphatic carbocycles. The summed E-state index contributed by atoms with van der Waals surface area (Å²) in [4.78, 5) is 26.0. The Bertz CT molecular complexity index is 512. The Balaban J connectivity index is 2.20. The summed E-state index contributed by atoms with van der Waals surface area (Å²) in [6.45, 7) is 2.23. The normalized spacial score (nSPS) is 15.6. The molecule has 1 aliphatic rings. The average molecular weight is 275 g/mol. The summed E-state index contributed by atoms with van der Waals surface area (Å²) in [5.74, 6) is 0.00482. The van der Waals surface area contributed by atoms with Crippen molar-refractivity contribution in [3.63, 3.8) is 0 Å². The second kappa shape index (κ2) is 6.05. The highest BCUT2D eigenvalue weighted by atomic mass is 16.2. The highest BCUT2D eigenvalue weighted by Gasteiger charge is 2.33. The number of carbonyl (C=O) groups is 2. The molecule has 20 heavy (non-hydrogen) atoms. The largest absolute Gasteiger partial charge is 0.348 e. The Morgan fingerprint density at radius 2 is 2.05 bits per heavy atom. The van der Waals surface area contributed by atoms with Crippen LogP contribution in [0.4, 0.5) is 5.69 Å². The topological polar surface area (TPSA) is 75.4 Å². The molecule has 0 heterocycles. The van der Waals surface area contributed by atoms with Gasteiger partial charge in [0.1, 0.15) is 0 Å². The van der Waals surface area contributed by atoms with Crippen LogP contribution in [0.25, 0.3) is 0 Å². The summed E-state index contributed by atoms with van der Waals surface area (Å²) in [6, 6.07) is 7.04. The second-order valence-electron chi connectivity index (χ2n) is 5.30. The van der Waals surface area contributed by atoms with Gasteiger partial charge in [-0.1, -0.05) is 12.1 Å². The van der Waals surface area contributed by atoms with Gasteiger partial charge in [0, 0.05) is 25.6 Å². The number of carbonyl (C=O) groups excluding carboxylic acids is 2. The smallest absolute Gasteiger partial charge is 0.253 e. The Kier molecular flexibility index (Phi) is 4.39. The fraction of sp³-hybridized carbons (Fsp3) is 0.467. The average Bonchev–Trinajstić information content (AvgIpc) is 3.30. The minimum absolute atomic E-state index is 0.0807. The predicted octanol–water partition coefficient (Wildman–Crippen LogP) is 1.14. The molecule has 2 amide bonds. The molecule has 108 valence electrons. The summed E-state index contributed by atoms with van der Waals surface area (Å²) in [5.41, 5.74) is 6.66. The van der Waals surface area contributed by atoms with Crippen LogP contribution in [0.2, 0.25) is 0 Å². The van der Waals surface area contributed by atoms with Crippen LogP contribution in [0.3, 0.4) is 0 Å². The summed E-state index contributed by atoms with van der Waals surface area (Å²) >= 11 is 0. The lowest BCUT2D eigenvalue weighted by Crippen LogP contribution is -2.39. The number of amides is 2. The molecule has 1 saturated carbocycles. The highest BCUT2D eigenvalue weighted by molar-refractivity contribution is 6.05. The maximum Gasteiger partial charge on any atom is 0.253 e. The van der Waals surface area contributed by atoms with E-state index in [1.165, 1.54) is 0 Å². The minimum Gasteiger partial charge on any atom is -0.348 e. The number of para-hydroxylation sites is 1. The van der Waals surface area contributed by atoms with Crippen molar-refractivity contribution in [2.24, 2.45) is 11.7 Å². The number of nitrogens with zero attached hydrogens (tertiary/aromatic N) is 1. The molecule has 0 radical (unpaired) electrons. The van der Waals surface area contributed by atoms with E-state index in [0.717, 1.165) is 12.8 Å². The first-order valence-electron chi connectivity index (χ1n) is 6.92. The molecule has 3 N–H and O–H groups in total. The maximum atomic E-state index is 12.2. The number of benzene rings is 1. The molecule has 1 atom stereocenters. The van der Waals surface area contributed by atoms with E-state index in [4.69, 9.17) is 5.73 Å². The third-order valence-electron chi connectivity index (χ3n) is 3.50. The van der Waals surface area contributed by atoms with Crippen LogP contribution < -0.4 is 16.0 Å². The zero-order valence-electron chi connectivity index (χ0n) is 11.9. The predicted molar refractivity (Wildman–Crippen MR) is 78.6 cm³/mol. The van der Waals surface area contributed by atoms with Crippen molar-refractivity contribution in [2.45, 2.75) is 25.8 Å². The maximum absolute atomic E-state index is 12.2. The lowest BCUT2D eigenvalue weighted by molar-refractivity contribution is -0.119. The number of nitrogens with two attached hydrogens (primary N) is 1. The Morgan fingerprint density at radius 3 is 2.65 bits per heavy atom. The summed E-state index contributed by atoms with van der Waals surface area (Å²) in [7, 11) is 1.72. The van der Waals surface area contributed by atoms with E-state index in [1.54, 1.807) is 30.1 Å². The molecule has 0 unspecified atom stereocenters. The van der Waals surface area contributed by atoms with Crippen molar-refractivity contribution in [1.29, 1.82) is 0 Å². The van der Waals surface area contributed by atoms with E-state index in [9.17, 15) is 9.59 Å². The molecule has 0 aromatic heterocycles. The Hall–Kier alpha value is -1.88. The van der Waals surface area contributed by atoms with Crippen LogP contribution in [-0.4, -0.2) is 31.4 Å². The summed E-state index contributed by atoms with van der Waals surface area (Å²) < 4.78 is 0. The van der Waals surface area contributed by atoms with E-state index in [-0.39, 0.29) is 23.8 Å². The number of rotatable bonds is 5. The van der Waals surface area contributed by atoms with Crippen LogP contribution in [-0.2, 0) is 4.79 Å². The van der Waals surface area contributed by atoms with Gasteiger partial charge < -0.3 is 16.0 Å². The van der Waals surface area contributed by atoms with Crippen molar-refractivity contribution in [1.82, 2.24) is 5.32 Å². The quantitative estimate of drug-likeness (QED) is 0.846. The number of anilines is 1. The van der Waals surface area contributed by atoms with E-state index >= 15 is 0 Å². The van der Waals surface area contributed by atoms with Gasteiger partial charge in [0.15, 0.2) is 0 Å². The molecule has 0 spiro atoms. The fourth-order valence-electron chi connectivity index (χ4n) is 2.04. The molecule has 1 fully saturated rings. The van der Waals surface area contributed by atoms with E-state index in [1.807, 2.05) is 13.0 Å². The zero-order chi connectivity index (χ0) is 14.7. The molecule has 2 rings (SSSR count). The van der Waals surface area contributed by atoms with Gasteiger partial charge in [0.25, 0.3) is 5.91 Å². The first-order valence-corrected chi connectivity index (χ1v) is 6.92. The molecule has 0 bridgehead atoms. The van der Waals surface area contributed by atoms with Crippen molar-refractivity contribution in [3.8, 4) is 0 Å². The van der Waals surface area contributed by atoms with Gasteiger partial charge in [-0.2, -0.15) is 0 Å². The van der Waals surface area contributed by atoms with Crippen LogP contribution in [0.5, 0.6) is 0 Å². The molecular formula is C15H21N3O2. The molecule has 0 aliphatic heterocycles. The van der Waals surface area contributed by atoms with Crippen molar-refractivity contribution in [3.05, 3.63) is 29.8 Å². The molecular weight excluding hydrogens is 254 g/mol. The summed E-state index contributed by atoms with van der Waals surface area (Å²) in [6.07, 6.45) is 1.89. The number of hydrogen-bond donors (Lipinski definition) is 2. The Labute approximate surface area is 119 Å². The van der Waals surface area contributed by atoms with Gasteiger partial charge in [-0.15, -0.1) is 0 Å². The first-order chi connectivity index (χ1) is 9.54. The van der Waals surface area contributed by atoms with Gasteiger partial charge in [0.2, 0.25) is 5.91 Å². The number of hydrogen-bond acceptors (Lipinski definition) is 3. The van der Waals surface area contributed by atoms with E-state index in [0.29, 0.717) is 17.8 Å². The monoisotopic (exact) mass is 275 g/mol. The lowest BCUT2D eigenvalue weighted by Gasteiger charge is -2.21. The third kappa shape index (κ3) is 3.17. The molecule has 5 heteroatoms. The van der Waals surface area contributed by atoms with Crippen LogP contribution in [0, 0.1) is 5.92 Å². The SMILES string of the molecule is C[C@@H](CN)NC(=O)c1ccccc1N(C)C(=O)C1CC1. The third-order valence-corrected chi connectivity index (χ3v) is 3.50. The minimum atomic E-state index is -0.200. The Morgan fingerprint density at radius 1 is 1.40 bits per heavy atom. The zero-order valence-corrected chi connectivity index (χ0v) is 11.9. The molecule has 1 aromatic carbocycles. The standard InChI is InChI=1S/C15H21N3O2/c1-10(9-16)17-14(19)12-5-3-4-6-13(12)18(2)15(20)11-7-8-11/h3-6,10-11H,7-9,16H2,1-2H3,(H,17,19)/t10-/m0/s1. The molecule has 0 saturated heterocycles. The summed E-state index contributed by atoms with van der Waals surface area (Å²) in [5, 5.41) is 2.82. The highest BCUT2D eigenvalue weighted by Crippen LogP contribution is 2.33. The molecule has 5 nitrogen and oxygen atoms in total. The van der Waals surface area contributed by atoms with Crippen LogP contribution >= 0.6 is 0 Å². The molecule has 1 aromatic rings.